The maximum Gasteiger partial charge on any atom is 0.181 e. The first-order valence-electron chi connectivity index (χ1n) is 5.33. The Morgan fingerprint density at radius 3 is 3.06 bits per heavy atom. The SMILES string of the molecule is Cn1cnc(CN)c1-c1ccc2ncoc2c1. The molecule has 0 fully saturated rings. The lowest BCUT2D eigenvalue weighted by atomic mass is 10.1. The van der Waals surface area contributed by atoms with Gasteiger partial charge < -0.3 is 14.7 Å². The van der Waals surface area contributed by atoms with Crippen LogP contribution in [0.2, 0.25) is 0 Å². The molecule has 0 saturated heterocycles. The highest BCUT2D eigenvalue weighted by Gasteiger charge is 2.11. The van der Waals surface area contributed by atoms with Gasteiger partial charge in [-0.2, -0.15) is 0 Å². The van der Waals surface area contributed by atoms with Gasteiger partial charge in [-0.3, -0.25) is 0 Å². The topological polar surface area (TPSA) is 69.9 Å². The van der Waals surface area contributed by atoms with Crippen LogP contribution in [0.1, 0.15) is 5.69 Å². The highest BCUT2D eigenvalue weighted by Crippen LogP contribution is 2.25. The van der Waals surface area contributed by atoms with Crippen molar-refractivity contribution >= 4 is 11.1 Å². The van der Waals surface area contributed by atoms with E-state index in [1.165, 1.54) is 6.39 Å². The summed E-state index contributed by atoms with van der Waals surface area (Å²) in [6.45, 7) is 0.421. The highest BCUT2D eigenvalue weighted by atomic mass is 16.3. The number of nitrogens with zero attached hydrogens (tertiary/aromatic N) is 3. The zero-order chi connectivity index (χ0) is 11.8. The molecule has 17 heavy (non-hydrogen) atoms. The molecule has 0 atom stereocenters. The number of aromatic nitrogens is 3. The van der Waals surface area contributed by atoms with Crippen LogP contribution in [0.4, 0.5) is 0 Å². The van der Waals surface area contributed by atoms with Crippen LogP contribution in [0, 0.1) is 0 Å². The van der Waals surface area contributed by atoms with Crippen LogP contribution < -0.4 is 5.73 Å². The van der Waals surface area contributed by atoms with E-state index < -0.39 is 0 Å². The van der Waals surface area contributed by atoms with Crippen molar-refractivity contribution in [1.82, 2.24) is 14.5 Å². The Balaban J connectivity index is 2.22. The molecule has 5 heteroatoms. The molecule has 0 bridgehead atoms. The Labute approximate surface area is 97.9 Å². The monoisotopic (exact) mass is 228 g/mol. The fourth-order valence-electron chi connectivity index (χ4n) is 2.00. The Hall–Kier alpha value is -2.14. The molecular weight excluding hydrogens is 216 g/mol. The number of hydrogen-bond donors (Lipinski definition) is 1. The first kappa shape index (κ1) is 10.0. The summed E-state index contributed by atoms with van der Waals surface area (Å²) in [6.07, 6.45) is 3.21. The molecule has 0 radical (unpaired) electrons. The minimum absolute atomic E-state index is 0.421. The summed E-state index contributed by atoms with van der Waals surface area (Å²) in [5.41, 5.74) is 10.2. The van der Waals surface area contributed by atoms with Crippen LogP contribution in [0.3, 0.4) is 0 Å². The Bertz CT molecular complexity index is 668. The number of aryl methyl sites for hydroxylation is 1. The van der Waals surface area contributed by atoms with Crippen molar-refractivity contribution in [1.29, 1.82) is 0 Å². The van der Waals surface area contributed by atoms with E-state index in [2.05, 4.69) is 9.97 Å². The maximum absolute atomic E-state index is 5.68. The molecule has 0 saturated carbocycles. The van der Waals surface area contributed by atoms with Crippen LogP contribution in [0.25, 0.3) is 22.4 Å². The van der Waals surface area contributed by atoms with Crippen molar-refractivity contribution in [3.63, 3.8) is 0 Å². The van der Waals surface area contributed by atoms with Crippen molar-refractivity contribution in [3.05, 3.63) is 36.6 Å². The normalized spacial score (nSPS) is 11.2. The predicted molar refractivity (Wildman–Crippen MR) is 64.1 cm³/mol. The van der Waals surface area contributed by atoms with Gasteiger partial charge in [0.15, 0.2) is 12.0 Å². The smallest absolute Gasteiger partial charge is 0.181 e. The molecule has 0 aliphatic carbocycles. The molecule has 1 aromatic carbocycles. The number of oxazole rings is 1. The molecule has 0 unspecified atom stereocenters. The highest BCUT2D eigenvalue weighted by molar-refractivity contribution is 5.79. The van der Waals surface area contributed by atoms with Gasteiger partial charge in [0.05, 0.1) is 17.7 Å². The lowest BCUT2D eigenvalue weighted by Crippen LogP contribution is -2.00. The maximum atomic E-state index is 5.68. The second-order valence-electron chi connectivity index (χ2n) is 3.89. The third kappa shape index (κ3) is 1.52. The molecule has 5 nitrogen and oxygen atoms in total. The average molecular weight is 228 g/mol. The number of nitrogens with two attached hydrogens (primary N) is 1. The third-order valence-corrected chi connectivity index (χ3v) is 2.81. The van der Waals surface area contributed by atoms with Gasteiger partial charge >= 0.3 is 0 Å². The van der Waals surface area contributed by atoms with Crippen molar-refractivity contribution < 1.29 is 4.42 Å². The Morgan fingerprint density at radius 2 is 2.24 bits per heavy atom. The van der Waals surface area contributed by atoms with Gasteiger partial charge in [-0.1, -0.05) is 6.07 Å². The second-order valence-corrected chi connectivity index (χ2v) is 3.89. The number of hydrogen-bond acceptors (Lipinski definition) is 4. The molecule has 2 N–H and O–H groups in total. The van der Waals surface area contributed by atoms with Gasteiger partial charge in [0.2, 0.25) is 0 Å². The molecule has 0 aliphatic heterocycles. The standard InChI is InChI=1S/C12H12N4O/c1-16-6-14-10(5-13)12(16)8-2-3-9-11(4-8)17-7-15-9/h2-4,6-7H,5,13H2,1H3. The molecule has 2 heterocycles. The van der Waals surface area contributed by atoms with Crippen LogP contribution in [0.5, 0.6) is 0 Å². The average Bonchev–Trinajstić information content (AvgIpc) is 2.93. The number of fused-ring (bicyclic) bond motifs is 1. The van der Waals surface area contributed by atoms with Gasteiger partial charge in [0, 0.05) is 19.2 Å². The first-order valence-corrected chi connectivity index (χ1v) is 5.33. The minimum atomic E-state index is 0.421. The van der Waals surface area contributed by atoms with E-state index in [-0.39, 0.29) is 0 Å². The summed E-state index contributed by atoms with van der Waals surface area (Å²) < 4.78 is 7.26. The van der Waals surface area contributed by atoms with Crippen LogP contribution >= 0.6 is 0 Å². The number of imidazole rings is 1. The largest absolute Gasteiger partial charge is 0.443 e. The summed E-state index contributed by atoms with van der Waals surface area (Å²) in [4.78, 5) is 8.36. The fraction of sp³-hybridized carbons (Fsp3) is 0.167. The van der Waals surface area contributed by atoms with Crippen LogP contribution in [0.15, 0.2) is 35.3 Å². The lowest BCUT2D eigenvalue weighted by Gasteiger charge is -2.04. The van der Waals surface area contributed by atoms with Gasteiger partial charge in [-0.15, -0.1) is 0 Å². The molecule has 3 rings (SSSR count). The van der Waals surface area contributed by atoms with Gasteiger partial charge in [0.25, 0.3) is 0 Å². The Morgan fingerprint density at radius 1 is 1.35 bits per heavy atom. The fourth-order valence-corrected chi connectivity index (χ4v) is 2.00. The van der Waals surface area contributed by atoms with Gasteiger partial charge in [-0.05, 0) is 12.1 Å². The molecule has 3 aromatic rings. The van der Waals surface area contributed by atoms with Gasteiger partial charge in [-0.25, -0.2) is 9.97 Å². The van der Waals surface area contributed by atoms with Crippen molar-refractivity contribution in [2.45, 2.75) is 6.54 Å². The van der Waals surface area contributed by atoms with E-state index in [9.17, 15) is 0 Å². The summed E-state index contributed by atoms with van der Waals surface area (Å²) in [5.74, 6) is 0. The van der Waals surface area contributed by atoms with E-state index in [4.69, 9.17) is 10.2 Å². The summed E-state index contributed by atoms with van der Waals surface area (Å²) in [5, 5.41) is 0. The number of benzene rings is 1. The first-order chi connectivity index (χ1) is 8.29. The molecule has 0 aliphatic rings. The predicted octanol–water partition coefficient (Wildman–Crippen LogP) is 1.69. The molecule has 86 valence electrons. The third-order valence-electron chi connectivity index (χ3n) is 2.81. The van der Waals surface area contributed by atoms with Gasteiger partial charge in [0.1, 0.15) is 5.52 Å². The lowest BCUT2D eigenvalue weighted by molar-refractivity contribution is 0.602. The summed E-state index contributed by atoms with van der Waals surface area (Å²) in [7, 11) is 1.95. The van der Waals surface area contributed by atoms with Crippen LogP contribution in [-0.2, 0) is 13.6 Å². The minimum Gasteiger partial charge on any atom is -0.443 e. The molecule has 0 amide bonds. The van der Waals surface area contributed by atoms with E-state index >= 15 is 0 Å². The molecule has 2 aromatic heterocycles. The van der Waals surface area contributed by atoms with Crippen molar-refractivity contribution in [3.8, 4) is 11.3 Å². The van der Waals surface area contributed by atoms with Crippen molar-refractivity contribution in [2.75, 3.05) is 0 Å². The van der Waals surface area contributed by atoms with E-state index in [0.29, 0.717) is 6.54 Å². The van der Waals surface area contributed by atoms with E-state index in [1.54, 1.807) is 6.33 Å². The zero-order valence-electron chi connectivity index (χ0n) is 9.42. The van der Waals surface area contributed by atoms with Crippen LogP contribution in [-0.4, -0.2) is 14.5 Å². The zero-order valence-corrected chi connectivity index (χ0v) is 9.42. The van der Waals surface area contributed by atoms with E-state index in [1.807, 2.05) is 29.8 Å². The second kappa shape index (κ2) is 3.71. The molecular formula is C12H12N4O. The molecule has 0 spiro atoms. The van der Waals surface area contributed by atoms with Crippen molar-refractivity contribution in [2.24, 2.45) is 12.8 Å². The quantitative estimate of drug-likeness (QED) is 0.724. The number of rotatable bonds is 2. The Kier molecular flexibility index (Phi) is 2.19. The summed E-state index contributed by atoms with van der Waals surface area (Å²) in [6, 6.07) is 5.89. The van der Waals surface area contributed by atoms with E-state index in [0.717, 1.165) is 28.1 Å². The summed E-state index contributed by atoms with van der Waals surface area (Å²) >= 11 is 0.